The lowest BCUT2D eigenvalue weighted by molar-refractivity contribution is -0.227. The van der Waals surface area contributed by atoms with E-state index < -0.39 is 29.9 Å². The molecular formula is C25H34O6. The van der Waals surface area contributed by atoms with Gasteiger partial charge in [0.1, 0.15) is 36.6 Å². The van der Waals surface area contributed by atoms with Gasteiger partial charge < -0.3 is 28.8 Å². The summed E-state index contributed by atoms with van der Waals surface area (Å²) in [5.41, 5.74) is 1.08. The number of rotatable bonds is 3. The second kappa shape index (κ2) is 8.08. The average molecular weight is 431 g/mol. The molecule has 3 saturated carbocycles. The van der Waals surface area contributed by atoms with Crippen molar-refractivity contribution in [2.24, 2.45) is 0 Å². The molecule has 6 unspecified atom stereocenters. The molecule has 2 spiro atoms. The summed E-state index contributed by atoms with van der Waals surface area (Å²) >= 11 is 0. The molecule has 0 amide bonds. The lowest BCUT2D eigenvalue weighted by atomic mass is 9.85. The Morgan fingerprint density at radius 3 is 1.84 bits per heavy atom. The predicted octanol–water partition coefficient (Wildman–Crippen LogP) is 3.84. The zero-order valence-corrected chi connectivity index (χ0v) is 18.1. The monoisotopic (exact) mass is 430 g/mol. The van der Waals surface area contributed by atoms with Gasteiger partial charge in [-0.1, -0.05) is 43.2 Å². The van der Waals surface area contributed by atoms with Crippen LogP contribution in [0.2, 0.25) is 0 Å². The van der Waals surface area contributed by atoms with Gasteiger partial charge in [0.05, 0.1) is 6.61 Å². The van der Waals surface area contributed by atoms with Crippen molar-refractivity contribution in [2.75, 3.05) is 0 Å². The molecule has 2 aliphatic heterocycles. The minimum absolute atomic E-state index is 0.270. The van der Waals surface area contributed by atoms with Crippen molar-refractivity contribution in [1.29, 1.82) is 0 Å². The van der Waals surface area contributed by atoms with Gasteiger partial charge in [-0.15, -0.1) is 0 Å². The highest BCUT2D eigenvalue weighted by Crippen LogP contribution is 2.51. The van der Waals surface area contributed by atoms with E-state index in [0.29, 0.717) is 6.61 Å². The highest BCUT2D eigenvalue weighted by atomic mass is 16.8. The van der Waals surface area contributed by atoms with Gasteiger partial charge in [-0.2, -0.15) is 0 Å². The lowest BCUT2D eigenvalue weighted by Crippen LogP contribution is -2.62. The molecule has 5 fully saturated rings. The first kappa shape index (κ1) is 20.6. The van der Waals surface area contributed by atoms with Crippen molar-refractivity contribution in [2.45, 2.75) is 119 Å². The Balaban J connectivity index is 1.28. The van der Waals surface area contributed by atoms with Crippen molar-refractivity contribution < 1.29 is 28.8 Å². The molecule has 2 heterocycles. The van der Waals surface area contributed by atoms with E-state index in [9.17, 15) is 5.11 Å². The summed E-state index contributed by atoms with van der Waals surface area (Å²) < 4.78 is 32.6. The molecule has 170 valence electrons. The molecule has 1 aromatic rings. The van der Waals surface area contributed by atoms with Crippen molar-refractivity contribution in [1.82, 2.24) is 0 Å². The summed E-state index contributed by atoms with van der Waals surface area (Å²) in [5, 5.41) is 11.4. The quantitative estimate of drug-likeness (QED) is 0.786. The highest BCUT2D eigenvalue weighted by Gasteiger charge is 2.66. The number of ether oxygens (including phenoxy) is 5. The maximum Gasteiger partial charge on any atom is 0.169 e. The van der Waals surface area contributed by atoms with Gasteiger partial charge in [-0.05, 0) is 31.2 Å². The summed E-state index contributed by atoms with van der Waals surface area (Å²) in [7, 11) is 0. The maximum absolute atomic E-state index is 11.4. The van der Waals surface area contributed by atoms with E-state index in [1.54, 1.807) is 0 Å². The Morgan fingerprint density at radius 1 is 0.710 bits per heavy atom. The van der Waals surface area contributed by atoms with Crippen LogP contribution in [0.25, 0.3) is 0 Å². The molecule has 31 heavy (non-hydrogen) atoms. The van der Waals surface area contributed by atoms with E-state index in [1.807, 2.05) is 30.3 Å². The number of benzene rings is 1. The minimum atomic E-state index is -0.807. The molecule has 0 radical (unpaired) electrons. The van der Waals surface area contributed by atoms with Gasteiger partial charge >= 0.3 is 0 Å². The van der Waals surface area contributed by atoms with E-state index in [1.165, 1.54) is 12.8 Å². The third kappa shape index (κ3) is 3.65. The summed E-state index contributed by atoms with van der Waals surface area (Å²) in [6, 6.07) is 10.1. The van der Waals surface area contributed by atoms with Crippen LogP contribution in [-0.4, -0.2) is 53.3 Å². The van der Waals surface area contributed by atoms with Crippen LogP contribution in [0.5, 0.6) is 0 Å². The molecule has 1 N–H and O–H groups in total. The van der Waals surface area contributed by atoms with Gasteiger partial charge in [0, 0.05) is 25.7 Å². The standard InChI is InChI=1S/C25H34O6/c26-18-19(27-16-17-10-4-1-5-11-17)21-23(31-25(29-21)14-8-3-9-15-25)22-20(18)28-24(30-22)12-6-2-7-13-24/h1,4-5,10-11,18-23,26H,2-3,6-9,12-16H2. The van der Waals surface area contributed by atoms with Gasteiger partial charge in [0.15, 0.2) is 11.6 Å². The number of aliphatic hydroxyl groups excluding tert-OH is 1. The fourth-order valence-electron chi connectivity index (χ4n) is 6.34. The molecule has 6 rings (SSSR count). The zero-order valence-electron chi connectivity index (χ0n) is 18.1. The molecule has 0 bridgehead atoms. The Kier molecular flexibility index (Phi) is 5.37. The van der Waals surface area contributed by atoms with Gasteiger partial charge in [0.2, 0.25) is 0 Å². The van der Waals surface area contributed by atoms with Gasteiger partial charge in [-0.25, -0.2) is 0 Å². The van der Waals surface area contributed by atoms with Crippen LogP contribution in [0.4, 0.5) is 0 Å². The van der Waals surface area contributed by atoms with Crippen molar-refractivity contribution in [3.63, 3.8) is 0 Å². The fraction of sp³-hybridized carbons (Fsp3) is 0.760. The first-order valence-corrected chi connectivity index (χ1v) is 12.2. The largest absolute Gasteiger partial charge is 0.387 e. The van der Waals surface area contributed by atoms with Crippen molar-refractivity contribution in [3.05, 3.63) is 35.9 Å². The van der Waals surface area contributed by atoms with E-state index in [0.717, 1.165) is 56.9 Å². The molecule has 6 heteroatoms. The van der Waals surface area contributed by atoms with E-state index in [2.05, 4.69) is 0 Å². The van der Waals surface area contributed by atoms with Gasteiger partial charge in [0.25, 0.3) is 0 Å². The van der Waals surface area contributed by atoms with E-state index >= 15 is 0 Å². The van der Waals surface area contributed by atoms with Crippen LogP contribution in [0.15, 0.2) is 30.3 Å². The molecule has 1 aromatic carbocycles. The van der Waals surface area contributed by atoms with Crippen LogP contribution >= 0.6 is 0 Å². The lowest BCUT2D eigenvalue weighted by Gasteiger charge is -2.40. The number of hydrogen-bond donors (Lipinski definition) is 1. The second-order valence-electron chi connectivity index (χ2n) is 10.0. The predicted molar refractivity (Wildman–Crippen MR) is 112 cm³/mol. The Hall–Kier alpha value is -1.02. The molecule has 6 nitrogen and oxygen atoms in total. The van der Waals surface area contributed by atoms with Crippen molar-refractivity contribution >= 4 is 0 Å². The van der Waals surface area contributed by atoms with Crippen LogP contribution in [0.1, 0.15) is 69.8 Å². The summed E-state index contributed by atoms with van der Waals surface area (Å²) in [6.07, 6.45) is 7.70. The molecule has 0 aromatic heterocycles. The van der Waals surface area contributed by atoms with Crippen LogP contribution < -0.4 is 0 Å². The topological polar surface area (TPSA) is 66.4 Å². The Labute approximate surface area is 184 Å². The molecule has 2 saturated heterocycles. The summed E-state index contributed by atoms with van der Waals surface area (Å²) in [6.45, 7) is 0.422. The van der Waals surface area contributed by atoms with Crippen molar-refractivity contribution in [3.8, 4) is 0 Å². The number of hydrogen-bond acceptors (Lipinski definition) is 6. The summed E-state index contributed by atoms with van der Waals surface area (Å²) in [5.74, 6) is -1.15. The smallest absolute Gasteiger partial charge is 0.169 e. The van der Waals surface area contributed by atoms with Crippen LogP contribution in [0, 0.1) is 0 Å². The number of fused-ring (bicyclic) bond motifs is 3. The third-order valence-electron chi connectivity index (χ3n) is 7.89. The second-order valence-corrected chi connectivity index (χ2v) is 10.0. The minimum Gasteiger partial charge on any atom is -0.387 e. The highest BCUT2D eigenvalue weighted by molar-refractivity contribution is 5.14. The zero-order chi connectivity index (χ0) is 20.9. The van der Waals surface area contributed by atoms with E-state index in [4.69, 9.17) is 23.7 Å². The normalized spacial score (nSPS) is 40.7. The first-order valence-electron chi connectivity index (χ1n) is 12.2. The third-order valence-corrected chi connectivity index (χ3v) is 7.89. The maximum atomic E-state index is 11.4. The Bertz CT molecular complexity index is 757. The van der Waals surface area contributed by atoms with E-state index in [-0.39, 0.29) is 18.3 Å². The van der Waals surface area contributed by atoms with Crippen LogP contribution in [-0.2, 0) is 30.3 Å². The van der Waals surface area contributed by atoms with Gasteiger partial charge in [-0.3, -0.25) is 0 Å². The average Bonchev–Trinajstić information content (AvgIpc) is 3.34. The molecular weight excluding hydrogens is 396 g/mol. The molecule has 6 atom stereocenters. The summed E-state index contributed by atoms with van der Waals surface area (Å²) in [4.78, 5) is 0. The fourth-order valence-corrected chi connectivity index (χ4v) is 6.34. The SMILES string of the molecule is OC1C2OC3(CCCCC3)OC2C2OC3(CCCCC3)OC2C1OCc1ccccc1. The number of aliphatic hydroxyl groups is 1. The Morgan fingerprint density at radius 2 is 1.23 bits per heavy atom. The molecule has 3 aliphatic carbocycles. The molecule has 5 aliphatic rings. The first-order chi connectivity index (χ1) is 15.2. The van der Waals surface area contributed by atoms with Crippen LogP contribution in [0.3, 0.4) is 0 Å².